The van der Waals surface area contributed by atoms with Gasteiger partial charge in [0.2, 0.25) is 0 Å². The van der Waals surface area contributed by atoms with E-state index in [2.05, 4.69) is 32.6 Å². The van der Waals surface area contributed by atoms with Crippen molar-refractivity contribution >= 4 is 0 Å². The number of hydrogen-bond acceptors (Lipinski definition) is 1. The first kappa shape index (κ1) is 29.2. The zero-order valence-electron chi connectivity index (χ0n) is 23.6. The maximum Gasteiger partial charge on any atom is 0.000966 e. The topological polar surface area (TPSA) is 3.24 Å². The summed E-state index contributed by atoms with van der Waals surface area (Å²) in [5, 5.41) is 0. The molecule has 2 atom stereocenters. The van der Waals surface area contributed by atoms with Crippen LogP contribution in [0.4, 0.5) is 0 Å². The molecule has 0 N–H and O–H groups in total. The highest BCUT2D eigenvalue weighted by Gasteiger charge is 2.45. The molecule has 1 aliphatic heterocycles. The van der Waals surface area contributed by atoms with Gasteiger partial charge in [0.05, 0.1) is 0 Å². The smallest absolute Gasteiger partial charge is 0.000966 e. The molecule has 0 aromatic heterocycles. The van der Waals surface area contributed by atoms with Crippen LogP contribution in [0.3, 0.4) is 0 Å². The highest BCUT2D eigenvalue weighted by Crippen LogP contribution is 2.54. The second-order valence-corrected chi connectivity index (χ2v) is 12.5. The van der Waals surface area contributed by atoms with Gasteiger partial charge in [-0.1, -0.05) is 124 Å². The minimum absolute atomic E-state index is 0.766. The van der Waals surface area contributed by atoms with E-state index in [4.69, 9.17) is 0 Å². The van der Waals surface area contributed by atoms with Crippen molar-refractivity contribution in [2.24, 2.45) is 23.2 Å². The predicted molar refractivity (Wildman–Crippen MR) is 149 cm³/mol. The maximum atomic E-state index is 2.86. The standard InChI is InChI=1S/C32H63N/c1-5-9-13-15-18-29(16-11-7-3)20-21-31-26-32(27-31)22-24-33(25-23-32)28-30(17-12-8-4)19-14-10-6-2/h29-31H,5-28H2,1-4H3. The third kappa shape index (κ3) is 11.5. The summed E-state index contributed by atoms with van der Waals surface area (Å²) in [6.45, 7) is 13.6. The van der Waals surface area contributed by atoms with E-state index in [9.17, 15) is 0 Å². The van der Waals surface area contributed by atoms with E-state index in [1.54, 1.807) is 19.3 Å². The van der Waals surface area contributed by atoms with Crippen molar-refractivity contribution in [1.82, 2.24) is 4.90 Å². The summed E-state index contributed by atoms with van der Waals surface area (Å²) in [6.07, 6.45) is 30.9. The lowest BCUT2D eigenvalue weighted by Gasteiger charge is -2.53. The van der Waals surface area contributed by atoms with Crippen LogP contribution in [0.15, 0.2) is 0 Å². The van der Waals surface area contributed by atoms with Crippen LogP contribution in [0, 0.1) is 23.2 Å². The molecule has 2 fully saturated rings. The third-order valence-electron chi connectivity index (χ3n) is 9.47. The Morgan fingerprint density at radius 1 is 0.606 bits per heavy atom. The second-order valence-electron chi connectivity index (χ2n) is 12.5. The lowest BCUT2D eigenvalue weighted by Crippen LogP contribution is -2.48. The molecule has 0 aromatic carbocycles. The Bertz CT molecular complexity index is 441. The van der Waals surface area contributed by atoms with E-state index < -0.39 is 0 Å². The number of nitrogens with zero attached hydrogens (tertiary/aromatic N) is 1. The quantitative estimate of drug-likeness (QED) is 0.163. The summed E-state index contributed by atoms with van der Waals surface area (Å²) in [7, 11) is 0. The lowest BCUT2D eigenvalue weighted by atomic mass is 9.56. The fraction of sp³-hybridized carbons (Fsp3) is 1.00. The molecular weight excluding hydrogens is 398 g/mol. The summed E-state index contributed by atoms with van der Waals surface area (Å²) in [6, 6.07) is 0. The van der Waals surface area contributed by atoms with Crippen LogP contribution in [-0.2, 0) is 0 Å². The summed E-state index contributed by atoms with van der Waals surface area (Å²) in [4.78, 5) is 2.86. The summed E-state index contributed by atoms with van der Waals surface area (Å²) >= 11 is 0. The van der Waals surface area contributed by atoms with E-state index in [1.165, 1.54) is 135 Å². The molecule has 0 radical (unpaired) electrons. The van der Waals surface area contributed by atoms with Crippen molar-refractivity contribution in [2.45, 2.75) is 163 Å². The van der Waals surface area contributed by atoms with Gasteiger partial charge < -0.3 is 4.90 Å². The molecule has 1 heteroatoms. The second kappa shape index (κ2) is 17.4. The van der Waals surface area contributed by atoms with Crippen molar-refractivity contribution in [3.8, 4) is 0 Å². The molecule has 2 rings (SSSR count). The van der Waals surface area contributed by atoms with Gasteiger partial charge in [-0.05, 0) is 74.8 Å². The number of piperidine rings is 1. The van der Waals surface area contributed by atoms with Crippen LogP contribution < -0.4 is 0 Å². The number of hydrogen-bond donors (Lipinski definition) is 0. The van der Waals surface area contributed by atoms with Crippen LogP contribution in [-0.4, -0.2) is 24.5 Å². The molecule has 196 valence electrons. The minimum Gasteiger partial charge on any atom is -0.303 e. The fourth-order valence-corrected chi connectivity index (χ4v) is 7.11. The molecule has 2 unspecified atom stereocenters. The van der Waals surface area contributed by atoms with Gasteiger partial charge in [0, 0.05) is 6.54 Å². The largest absolute Gasteiger partial charge is 0.303 e. The molecule has 1 spiro atoms. The SMILES string of the molecule is CCCCCCC(CCCC)CCC1CC2(CCN(CC(CCCC)CCCCC)CC2)C1. The summed E-state index contributed by atoms with van der Waals surface area (Å²) in [5.41, 5.74) is 0.766. The van der Waals surface area contributed by atoms with Crippen molar-refractivity contribution < 1.29 is 0 Å². The van der Waals surface area contributed by atoms with Gasteiger partial charge in [-0.15, -0.1) is 0 Å². The Balaban J connectivity index is 1.65. The van der Waals surface area contributed by atoms with Crippen LogP contribution >= 0.6 is 0 Å². The summed E-state index contributed by atoms with van der Waals surface area (Å²) in [5.74, 6) is 3.08. The van der Waals surface area contributed by atoms with Crippen molar-refractivity contribution in [2.75, 3.05) is 19.6 Å². The lowest BCUT2D eigenvalue weighted by molar-refractivity contribution is -0.0221. The Kier molecular flexibility index (Phi) is 15.4. The van der Waals surface area contributed by atoms with Gasteiger partial charge in [-0.2, -0.15) is 0 Å². The van der Waals surface area contributed by atoms with Crippen LogP contribution in [0.25, 0.3) is 0 Å². The third-order valence-corrected chi connectivity index (χ3v) is 9.47. The predicted octanol–water partition coefficient (Wildman–Crippen LogP) is 10.4. The van der Waals surface area contributed by atoms with Crippen molar-refractivity contribution in [3.63, 3.8) is 0 Å². The molecule has 0 bridgehead atoms. The van der Waals surface area contributed by atoms with E-state index in [-0.39, 0.29) is 0 Å². The molecule has 1 saturated heterocycles. The Hall–Kier alpha value is -0.0400. The summed E-state index contributed by atoms with van der Waals surface area (Å²) < 4.78 is 0. The van der Waals surface area contributed by atoms with Gasteiger partial charge in [-0.25, -0.2) is 0 Å². The number of unbranched alkanes of at least 4 members (excludes halogenated alkanes) is 7. The van der Waals surface area contributed by atoms with Gasteiger partial charge in [0.15, 0.2) is 0 Å². The molecule has 33 heavy (non-hydrogen) atoms. The first-order valence-corrected chi connectivity index (χ1v) is 15.9. The average molecular weight is 462 g/mol. The van der Waals surface area contributed by atoms with Crippen LogP contribution in [0.1, 0.15) is 163 Å². The van der Waals surface area contributed by atoms with Crippen LogP contribution in [0.5, 0.6) is 0 Å². The van der Waals surface area contributed by atoms with Gasteiger partial charge >= 0.3 is 0 Å². The molecule has 1 aliphatic carbocycles. The first-order valence-electron chi connectivity index (χ1n) is 15.9. The molecule has 1 nitrogen and oxygen atoms in total. The molecular formula is C32H63N. The Morgan fingerprint density at radius 3 is 1.76 bits per heavy atom. The van der Waals surface area contributed by atoms with E-state index in [1.807, 2.05) is 0 Å². The Labute approximate surface area is 210 Å². The number of rotatable bonds is 20. The van der Waals surface area contributed by atoms with Gasteiger partial charge in [-0.3, -0.25) is 0 Å². The highest BCUT2D eigenvalue weighted by atomic mass is 15.1. The molecule has 0 aromatic rings. The highest BCUT2D eigenvalue weighted by molar-refractivity contribution is 4.97. The normalized spacial score (nSPS) is 20.7. The maximum absolute atomic E-state index is 2.86. The van der Waals surface area contributed by atoms with E-state index in [0.29, 0.717) is 0 Å². The zero-order chi connectivity index (χ0) is 23.8. The monoisotopic (exact) mass is 461 g/mol. The van der Waals surface area contributed by atoms with Crippen LogP contribution in [0.2, 0.25) is 0 Å². The van der Waals surface area contributed by atoms with E-state index >= 15 is 0 Å². The first-order chi connectivity index (χ1) is 16.1. The molecule has 0 amide bonds. The van der Waals surface area contributed by atoms with Crippen molar-refractivity contribution in [3.05, 3.63) is 0 Å². The van der Waals surface area contributed by atoms with Crippen molar-refractivity contribution in [1.29, 1.82) is 0 Å². The van der Waals surface area contributed by atoms with E-state index in [0.717, 1.165) is 23.2 Å². The molecule has 1 heterocycles. The molecule has 1 saturated carbocycles. The molecule has 2 aliphatic rings. The Morgan fingerprint density at radius 2 is 1.12 bits per heavy atom. The minimum atomic E-state index is 0.766. The van der Waals surface area contributed by atoms with Gasteiger partial charge in [0.25, 0.3) is 0 Å². The van der Waals surface area contributed by atoms with Gasteiger partial charge in [0.1, 0.15) is 0 Å². The number of likely N-dealkylation sites (tertiary alicyclic amines) is 1. The fourth-order valence-electron chi connectivity index (χ4n) is 7.11. The average Bonchev–Trinajstić information content (AvgIpc) is 2.81. The zero-order valence-corrected chi connectivity index (χ0v) is 23.6.